The number of pyridine rings is 1. The third kappa shape index (κ3) is 3.35. The second-order valence-corrected chi connectivity index (χ2v) is 5.86. The molecule has 0 aliphatic carbocycles. The molecule has 1 N–H and O–H groups in total. The van der Waals surface area contributed by atoms with Gasteiger partial charge in [0.1, 0.15) is 0 Å². The van der Waals surface area contributed by atoms with Gasteiger partial charge in [-0.2, -0.15) is 0 Å². The van der Waals surface area contributed by atoms with Gasteiger partial charge in [0, 0.05) is 30.5 Å². The van der Waals surface area contributed by atoms with Crippen molar-refractivity contribution < 1.29 is 9.59 Å². The van der Waals surface area contributed by atoms with Gasteiger partial charge in [0.05, 0.1) is 16.3 Å². The second-order valence-electron chi connectivity index (χ2n) is 5.46. The van der Waals surface area contributed by atoms with Crippen molar-refractivity contribution in [1.82, 2.24) is 4.98 Å². The molecular weight excluding hydrogens is 314 g/mol. The number of amides is 2. The lowest BCUT2D eigenvalue weighted by atomic mass is 10.2. The Morgan fingerprint density at radius 1 is 1.30 bits per heavy atom. The van der Waals surface area contributed by atoms with Crippen LogP contribution in [0.2, 0.25) is 5.02 Å². The van der Waals surface area contributed by atoms with E-state index in [4.69, 9.17) is 11.6 Å². The van der Waals surface area contributed by atoms with Gasteiger partial charge in [0.2, 0.25) is 5.91 Å². The van der Waals surface area contributed by atoms with Crippen molar-refractivity contribution in [2.45, 2.75) is 19.8 Å². The first-order chi connectivity index (χ1) is 11.0. The quantitative estimate of drug-likeness (QED) is 0.938. The number of nitrogens with zero attached hydrogens (tertiary/aromatic N) is 2. The summed E-state index contributed by atoms with van der Waals surface area (Å²) in [5.74, 6) is -0.198. The average molecular weight is 330 g/mol. The van der Waals surface area contributed by atoms with Crippen molar-refractivity contribution in [3.8, 4) is 0 Å². The van der Waals surface area contributed by atoms with E-state index in [2.05, 4.69) is 10.3 Å². The number of halogens is 1. The van der Waals surface area contributed by atoms with E-state index >= 15 is 0 Å². The van der Waals surface area contributed by atoms with Crippen molar-refractivity contribution >= 4 is 34.8 Å². The van der Waals surface area contributed by atoms with Gasteiger partial charge in [-0.15, -0.1) is 0 Å². The molecule has 2 heterocycles. The van der Waals surface area contributed by atoms with Crippen LogP contribution in [0.25, 0.3) is 0 Å². The van der Waals surface area contributed by atoms with Gasteiger partial charge in [-0.3, -0.25) is 14.6 Å². The van der Waals surface area contributed by atoms with Crippen molar-refractivity contribution in [3.05, 3.63) is 52.8 Å². The maximum Gasteiger partial charge on any atom is 0.257 e. The molecule has 0 saturated carbocycles. The zero-order chi connectivity index (χ0) is 16.4. The number of carbonyl (C=O) groups is 2. The Morgan fingerprint density at radius 2 is 2.13 bits per heavy atom. The summed E-state index contributed by atoms with van der Waals surface area (Å²) in [6, 6.07) is 8.68. The summed E-state index contributed by atoms with van der Waals surface area (Å²) < 4.78 is 0. The fourth-order valence-electron chi connectivity index (χ4n) is 2.49. The van der Waals surface area contributed by atoms with E-state index < -0.39 is 0 Å². The van der Waals surface area contributed by atoms with E-state index in [9.17, 15) is 9.59 Å². The third-order valence-electron chi connectivity index (χ3n) is 3.76. The number of nitrogens with one attached hydrogen (secondary N) is 1. The summed E-state index contributed by atoms with van der Waals surface area (Å²) in [6.07, 6.45) is 2.92. The maximum absolute atomic E-state index is 12.3. The molecular formula is C17H16ClN3O2. The molecule has 1 aromatic heterocycles. The Morgan fingerprint density at radius 3 is 2.78 bits per heavy atom. The first-order valence-corrected chi connectivity index (χ1v) is 7.76. The van der Waals surface area contributed by atoms with Crippen LogP contribution in [0.4, 0.5) is 11.4 Å². The van der Waals surface area contributed by atoms with Gasteiger partial charge in [-0.1, -0.05) is 11.6 Å². The smallest absolute Gasteiger partial charge is 0.257 e. The van der Waals surface area contributed by atoms with Crippen molar-refractivity contribution in [1.29, 1.82) is 0 Å². The molecule has 23 heavy (non-hydrogen) atoms. The first-order valence-electron chi connectivity index (χ1n) is 7.38. The normalized spacial score (nSPS) is 14.2. The standard InChI is InChI=1S/C17H16ClN3O2/c1-11-4-5-12(10-19-11)17(23)20-15-9-13(6-7-14(15)18)21-8-2-3-16(21)22/h4-7,9-10H,2-3,8H2,1H3,(H,20,23). The molecule has 0 bridgehead atoms. The third-order valence-corrected chi connectivity index (χ3v) is 4.09. The van der Waals surface area contributed by atoms with Crippen LogP contribution in [-0.2, 0) is 4.79 Å². The van der Waals surface area contributed by atoms with Crippen LogP contribution in [0.5, 0.6) is 0 Å². The lowest BCUT2D eigenvalue weighted by Crippen LogP contribution is -2.23. The molecule has 0 atom stereocenters. The summed E-state index contributed by atoms with van der Waals surface area (Å²) in [5.41, 5.74) is 2.52. The number of rotatable bonds is 3. The molecule has 5 nitrogen and oxygen atoms in total. The van der Waals surface area contributed by atoms with E-state index in [1.807, 2.05) is 6.92 Å². The van der Waals surface area contributed by atoms with Crippen LogP contribution in [-0.4, -0.2) is 23.3 Å². The fraction of sp³-hybridized carbons (Fsp3) is 0.235. The van der Waals surface area contributed by atoms with Crippen LogP contribution < -0.4 is 10.2 Å². The number of benzene rings is 1. The highest BCUT2D eigenvalue weighted by molar-refractivity contribution is 6.34. The van der Waals surface area contributed by atoms with Gasteiger partial charge in [0.15, 0.2) is 0 Å². The minimum absolute atomic E-state index is 0.0901. The fourth-order valence-corrected chi connectivity index (χ4v) is 2.66. The summed E-state index contributed by atoms with van der Waals surface area (Å²) >= 11 is 6.16. The van der Waals surface area contributed by atoms with Gasteiger partial charge in [-0.05, 0) is 43.7 Å². The zero-order valence-electron chi connectivity index (χ0n) is 12.7. The number of carbonyl (C=O) groups excluding carboxylic acids is 2. The second kappa shape index (κ2) is 6.38. The molecule has 118 valence electrons. The Kier molecular flexibility index (Phi) is 4.30. The Balaban J connectivity index is 1.83. The molecule has 6 heteroatoms. The Labute approximate surface area is 139 Å². The van der Waals surface area contributed by atoms with Crippen molar-refractivity contribution in [2.75, 3.05) is 16.8 Å². The molecule has 0 unspecified atom stereocenters. The minimum Gasteiger partial charge on any atom is -0.321 e. The number of hydrogen-bond acceptors (Lipinski definition) is 3. The highest BCUT2D eigenvalue weighted by Crippen LogP contribution is 2.30. The first kappa shape index (κ1) is 15.5. The molecule has 1 aromatic carbocycles. The van der Waals surface area contributed by atoms with Gasteiger partial charge in [-0.25, -0.2) is 0 Å². The molecule has 2 amide bonds. The number of aryl methyl sites for hydroxylation is 1. The van der Waals surface area contributed by atoms with Crippen molar-refractivity contribution in [2.24, 2.45) is 0 Å². The van der Waals surface area contributed by atoms with Crippen LogP contribution in [0, 0.1) is 6.92 Å². The lowest BCUT2D eigenvalue weighted by molar-refractivity contribution is -0.117. The highest BCUT2D eigenvalue weighted by atomic mass is 35.5. The molecule has 1 aliphatic rings. The van der Waals surface area contributed by atoms with Gasteiger partial charge >= 0.3 is 0 Å². The topological polar surface area (TPSA) is 62.3 Å². The highest BCUT2D eigenvalue weighted by Gasteiger charge is 2.22. The summed E-state index contributed by atoms with van der Waals surface area (Å²) in [6.45, 7) is 2.55. The van der Waals surface area contributed by atoms with Crippen LogP contribution >= 0.6 is 11.6 Å². The monoisotopic (exact) mass is 329 g/mol. The molecule has 3 rings (SSSR count). The predicted octanol–water partition coefficient (Wildman–Crippen LogP) is 3.42. The minimum atomic E-state index is -0.288. The largest absolute Gasteiger partial charge is 0.321 e. The molecule has 1 fully saturated rings. The molecule has 0 spiro atoms. The van der Waals surface area contributed by atoms with Gasteiger partial charge < -0.3 is 10.2 Å². The predicted molar refractivity (Wildman–Crippen MR) is 90.0 cm³/mol. The van der Waals surface area contributed by atoms with E-state index in [0.29, 0.717) is 29.2 Å². The Hall–Kier alpha value is -2.40. The van der Waals surface area contributed by atoms with Gasteiger partial charge in [0.25, 0.3) is 5.91 Å². The van der Waals surface area contributed by atoms with E-state index in [-0.39, 0.29) is 11.8 Å². The number of anilines is 2. The molecule has 2 aromatic rings. The van der Waals surface area contributed by atoms with Crippen molar-refractivity contribution in [3.63, 3.8) is 0 Å². The van der Waals surface area contributed by atoms with E-state index in [1.165, 1.54) is 6.20 Å². The molecule has 1 aliphatic heterocycles. The summed E-state index contributed by atoms with van der Waals surface area (Å²) in [7, 11) is 0. The molecule has 1 saturated heterocycles. The maximum atomic E-state index is 12.3. The van der Waals surface area contributed by atoms with Crippen LogP contribution in [0.1, 0.15) is 28.9 Å². The Bertz CT molecular complexity index is 759. The van der Waals surface area contributed by atoms with Crippen LogP contribution in [0.15, 0.2) is 36.5 Å². The van der Waals surface area contributed by atoms with Crippen LogP contribution in [0.3, 0.4) is 0 Å². The van der Waals surface area contributed by atoms with E-state index in [0.717, 1.165) is 17.8 Å². The SMILES string of the molecule is Cc1ccc(C(=O)Nc2cc(N3CCCC3=O)ccc2Cl)cn1. The number of hydrogen-bond donors (Lipinski definition) is 1. The average Bonchev–Trinajstić information content (AvgIpc) is 2.96. The molecule has 0 radical (unpaired) electrons. The van der Waals surface area contributed by atoms with E-state index in [1.54, 1.807) is 35.2 Å². The number of aromatic nitrogens is 1. The summed E-state index contributed by atoms with van der Waals surface area (Å²) in [5, 5.41) is 3.20. The summed E-state index contributed by atoms with van der Waals surface area (Å²) in [4.78, 5) is 29.9. The zero-order valence-corrected chi connectivity index (χ0v) is 13.4. The lowest BCUT2D eigenvalue weighted by Gasteiger charge is -2.17.